The number of rotatable bonds is 10. The highest BCUT2D eigenvalue weighted by Crippen LogP contribution is 2.28. The number of hydrogen-bond donors (Lipinski definition) is 6. The van der Waals surface area contributed by atoms with E-state index in [4.69, 9.17) is 18.9 Å². The summed E-state index contributed by atoms with van der Waals surface area (Å²) in [5, 5.41) is 11.0. The van der Waals surface area contributed by atoms with Gasteiger partial charge < -0.3 is 44.9 Å². The molecule has 7 aromatic rings. The molecule has 69 heavy (non-hydrogen) atoms. The largest absolute Gasteiger partial charge is 0.486 e. The van der Waals surface area contributed by atoms with Gasteiger partial charge in [0.2, 0.25) is 0 Å². The molecule has 4 amide bonds. The predicted molar refractivity (Wildman–Crippen MR) is 247 cm³/mol. The second-order valence-corrected chi connectivity index (χ2v) is 16.7. The van der Waals surface area contributed by atoms with Crippen LogP contribution in [0.1, 0.15) is 84.7 Å². The fourth-order valence-corrected chi connectivity index (χ4v) is 7.40. The Morgan fingerprint density at radius 1 is 0.652 bits per heavy atom. The summed E-state index contributed by atoms with van der Waals surface area (Å²) >= 11 is 0. The molecule has 2 aliphatic rings. The zero-order valence-corrected chi connectivity index (χ0v) is 37.6. The van der Waals surface area contributed by atoms with Crippen molar-refractivity contribution in [3.63, 3.8) is 0 Å². The molecule has 0 bridgehead atoms. The van der Waals surface area contributed by atoms with E-state index in [1.165, 1.54) is 44.3 Å². The van der Waals surface area contributed by atoms with Crippen LogP contribution in [-0.2, 0) is 45.0 Å². The molecule has 6 heterocycles. The standard InChI is InChI=1S/C26H21N5O6.C22H23N5O5/c1-36-26(35)18-5-3-2-4-17(18)24(33)31-19-11-27-22-21(19)29-13-30-23(22)25(34)28-10-14-6-7-20-15(8-14)9-16(32)12-37-20;1-22(2,3)32-21(30)27-15-9-23-18-17(15)25-11-26-19(18)20(29)24-8-12-4-5-16-13(6-12)7-14(28)10-31-16/h2-8,11,13,27H,9-10,12H2,1H3,(H,28,34)(H,31,33);4-6,9,11,23H,7-8,10H2,1-3H3,(H,24,29)(H,27,30). The SMILES string of the molecule is CC(C)(C)OC(=O)Nc1c[nH]c2c(C(=O)NCc3ccc4c(c3)CC(=O)CO4)ncnc12.COC(=O)c1ccccc1C(=O)Nc1c[nH]c2c(C(=O)NCc3ccc4c(c3)CC(=O)CO4)ncnc12. The molecule has 0 spiro atoms. The number of aromatic amines is 2. The van der Waals surface area contributed by atoms with Gasteiger partial charge in [0.1, 0.15) is 54.0 Å². The molecular formula is C48H44N10O11. The van der Waals surface area contributed by atoms with Crippen molar-refractivity contribution >= 4 is 74.8 Å². The number of carbonyl (C=O) groups excluding carboxylic acids is 7. The highest BCUT2D eigenvalue weighted by molar-refractivity contribution is 6.14. The number of carbonyl (C=O) groups is 7. The maximum Gasteiger partial charge on any atom is 0.412 e. The van der Waals surface area contributed by atoms with Crippen molar-refractivity contribution in [1.82, 2.24) is 40.5 Å². The summed E-state index contributed by atoms with van der Waals surface area (Å²) < 4.78 is 20.8. The number of hydrogen-bond acceptors (Lipinski definition) is 15. The van der Waals surface area contributed by atoms with Crippen LogP contribution in [0.25, 0.3) is 22.1 Å². The second kappa shape index (κ2) is 19.8. The van der Waals surface area contributed by atoms with Gasteiger partial charge in [-0.15, -0.1) is 0 Å². The number of H-pyrrole nitrogens is 2. The quantitative estimate of drug-likeness (QED) is 0.0965. The van der Waals surface area contributed by atoms with Crippen LogP contribution in [0.15, 0.2) is 85.7 Å². The van der Waals surface area contributed by atoms with Gasteiger partial charge in [-0.05, 0) is 68.3 Å². The minimum absolute atomic E-state index is 0.000452. The van der Waals surface area contributed by atoms with Crippen molar-refractivity contribution < 1.29 is 52.5 Å². The van der Waals surface area contributed by atoms with Gasteiger partial charge in [0.05, 0.1) is 40.6 Å². The van der Waals surface area contributed by atoms with E-state index in [9.17, 15) is 33.6 Å². The van der Waals surface area contributed by atoms with E-state index in [0.717, 1.165) is 22.3 Å². The van der Waals surface area contributed by atoms with Gasteiger partial charge in [0.25, 0.3) is 17.7 Å². The number of amides is 4. The Bertz CT molecular complexity index is 3190. The Balaban J connectivity index is 0.000000188. The van der Waals surface area contributed by atoms with Gasteiger partial charge in [0, 0.05) is 49.5 Å². The van der Waals surface area contributed by atoms with Crippen molar-refractivity contribution in [2.24, 2.45) is 0 Å². The number of aromatic nitrogens is 6. The molecule has 352 valence electrons. The number of benzene rings is 3. The lowest BCUT2D eigenvalue weighted by Gasteiger charge is -2.19. The lowest BCUT2D eigenvalue weighted by Crippen LogP contribution is -2.27. The number of ether oxygens (including phenoxy) is 4. The minimum atomic E-state index is -0.647. The molecule has 0 atom stereocenters. The molecule has 21 heteroatoms. The summed E-state index contributed by atoms with van der Waals surface area (Å²) in [6.45, 7) is 5.91. The molecule has 2 aliphatic heterocycles. The molecule has 0 saturated carbocycles. The van der Waals surface area contributed by atoms with E-state index in [2.05, 4.69) is 51.2 Å². The molecule has 0 saturated heterocycles. The fourth-order valence-electron chi connectivity index (χ4n) is 7.40. The van der Waals surface area contributed by atoms with E-state index in [0.29, 0.717) is 57.8 Å². The Morgan fingerprint density at radius 3 is 1.64 bits per heavy atom. The van der Waals surface area contributed by atoms with Crippen molar-refractivity contribution in [1.29, 1.82) is 0 Å². The molecule has 9 rings (SSSR count). The second-order valence-electron chi connectivity index (χ2n) is 16.7. The molecule has 6 N–H and O–H groups in total. The summed E-state index contributed by atoms with van der Waals surface area (Å²) in [6, 6.07) is 17.2. The number of ketones is 2. The van der Waals surface area contributed by atoms with E-state index in [1.807, 2.05) is 24.3 Å². The first-order valence-electron chi connectivity index (χ1n) is 21.4. The maximum absolute atomic E-state index is 12.9. The van der Waals surface area contributed by atoms with Crippen LogP contribution in [0, 0.1) is 0 Å². The Kier molecular flexibility index (Phi) is 13.4. The van der Waals surface area contributed by atoms with Crippen LogP contribution in [0.3, 0.4) is 0 Å². The first-order chi connectivity index (χ1) is 33.1. The molecule has 4 aromatic heterocycles. The molecular weight excluding hydrogens is 893 g/mol. The molecule has 0 unspecified atom stereocenters. The maximum atomic E-state index is 12.9. The topological polar surface area (TPSA) is 288 Å². The number of esters is 1. The van der Waals surface area contributed by atoms with Crippen LogP contribution in [-0.4, -0.2) is 97.2 Å². The monoisotopic (exact) mass is 936 g/mol. The third-order valence-corrected chi connectivity index (χ3v) is 10.5. The number of Topliss-reactive ketones (excluding diaryl/α,β-unsaturated/α-hetero) is 2. The number of nitrogens with one attached hydrogen (secondary N) is 6. The van der Waals surface area contributed by atoms with Crippen molar-refractivity contribution in [2.45, 2.75) is 52.3 Å². The fraction of sp³-hybridized carbons (Fsp3) is 0.229. The third kappa shape index (κ3) is 10.8. The van der Waals surface area contributed by atoms with Gasteiger partial charge in [-0.25, -0.2) is 29.5 Å². The zero-order chi connectivity index (χ0) is 48.8. The summed E-state index contributed by atoms with van der Waals surface area (Å²) in [5.74, 6) is -0.659. The van der Waals surface area contributed by atoms with Gasteiger partial charge in [-0.2, -0.15) is 0 Å². The molecule has 21 nitrogen and oxygen atoms in total. The van der Waals surface area contributed by atoms with Crippen LogP contribution in [0.4, 0.5) is 16.2 Å². The molecule has 0 fully saturated rings. The van der Waals surface area contributed by atoms with Crippen LogP contribution < -0.4 is 30.7 Å². The Labute approximate surface area is 392 Å². The molecule has 0 radical (unpaired) electrons. The predicted octanol–water partition coefficient (Wildman–Crippen LogP) is 5.17. The van der Waals surface area contributed by atoms with Crippen molar-refractivity contribution in [3.8, 4) is 11.5 Å². The minimum Gasteiger partial charge on any atom is -0.486 e. The highest BCUT2D eigenvalue weighted by atomic mass is 16.6. The Hall–Kier alpha value is -9.01. The van der Waals surface area contributed by atoms with Gasteiger partial charge in [-0.1, -0.05) is 24.3 Å². The van der Waals surface area contributed by atoms with Crippen LogP contribution >= 0.6 is 0 Å². The summed E-state index contributed by atoms with van der Waals surface area (Å²) in [7, 11) is 1.24. The summed E-state index contributed by atoms with van der Waals surface area (Å²) in [6.07, 6.45) is 5.50. The van der Waals surface area contributed by atoms with Crippen LogP contribution in [0.2, 0.25) is 0 Å². The van der Waals surface area contributed by atoms with E-state index in [1.54, 1.807) is 45.0 Å². The van der Waals surface area contributed by atoms with Gasteiger partial charge in [0.15, 0.2) is 23.0 Å². The van der Waals surface area contributed by atoms with Gasteiger partial charge >= 0.3 is 12.1 Å². The van der Waals surface area contributed by atoms with E-state index < -0.39 is 35.4 Å². The summed E-state index contributed by atoms with van der Waals surface area (Å²) in [5.41, 5.74) is 5.20. The van der Waals surface area contributed by atoms with E-state index >= 15 is 0 Å². The first-order valence-corrected chi connectivity index (χ1v) is 21.4. The number of methoxy groups -OCH3 is 1. The lowest BCUT2D eigenvalue weighted by molar-refractivity contribution is -0.122. The van der Waals surface area contributed by atoms with Crippen molar-refractivity contribution in [2.75, 3.05) is 31.0 Å². The average Bonchev–Trinajstić information content (AvgIpc) is 3.95. The lowest BCUT2D eigenvalue weighted by atomic mass is 10.0. The highest BCUT2D eigenvalue weighted by Gasteiger charge is 2.24. The third-order valence-electron chi connectivity index (χ3n) is 10.5. The van der Waals surface area contributed by atoms with Crippen LogP contribution in [0.5, 0.6) is 11.5 Å². The number of anilines is 2. The zero-order valence-electron chi connectivity index (χ0n) is 37.6. The normalized spacial score (nSPS) is 12.8. The Morgan fingerprint density at radius 2 is 1.14 bits per heavy atom. The summed E-state index contributed by atoms with van der Waals surface area (Å²) in [4.78, 5) is 108. The van der Waals surface area contributed by atoms with Gasteiger partial charge in [-0.3, -0.25) is 29.3 Å². The smallest absolute Gasteiger partial charge is 0.412 e. The van der Waals surface area contributed by atoms with E-state index in [-0.39, 0.29) is 60.4 Å². The number of fused-ring (bicyclic) bond motifs is 4. The average molecular weight is 937 g/mol. The molecule has 3 aromatic carbocycles. The van der Waals surface area contributed by atoms with Crippen molar-refractivity contribution in [3.05, 3.63) is 130 Å². The number of nitrogens with zero attached hydrogens (tertiary/aromatic N) is 4. The molecule has 0 aliphatic carbocycles. The first kappa shape index (κ1) is 46.5.